The maximum Gasteiger partial charge on any atom is 0.146 e. The van der Waals surface area contributed by atoms with Crippen LogP contribution in [0.25, 0.3) is 0 Å². The van der Waals surface area contributed by atoms with Gasteiger partial charge in [0.05, 0.1) is 5.69 Å². The van der Waals surface area contributed by atoms with Gasteiger partial charge in [0.2, 0.25) is 0 Å². The third-order valence-corrected chi connectivity index (χ3v) is 4.24. The summed E-state index contributed by atoms with van der Waals surface area (Å²) in [6, 6.07) is 14.0. The third kappa shape index (κ3) is 3.66. The molecule has 0 spiro atoms. The highest BCUT2D eigenvalue weighted by molar-refractivity contribution is 5.50. The average Bonchev–Trinajstić information content (AvgIpc) is 3.05. The number of nitrogens with one attached hydrogen (secondary N) is 1. The van der Waals surface area contributed by atoms with Crippen molar-refractivity contribution in [2.75, 3.05) is 18.0 Å². The molecule has 0 saturated carbocycles. The molecular weight excluding hydrogens is 275 g/mol. The number of anilines is 1. The number of rotatable bonds is 5. The first-order valence-corrected chi connectivity index (χ1v) is 8.02. The fourth-order valence-electron chi connectivity index (χ4n) is 2.93. The Hall–Kier alpha value is -1.87. The third-order valence-electron chi connectivity index (χ3n) is 4.24. The first-order valence-electron chi connectivity index (χ1n) is 8.02. The second kappa shape index (κ2) is 6.93. The number of halogens is 1. The molecule has 1 saturated heterocycles. The van der Waals surface area contributed by atoms with Crippen LogP contribution in [0.4, 0.5) is 10.1 Å². The molecule has 1 aliphatic rings. The van der Waals surface area contributed by atoms with Crippen molar-refractivity contribution >= 4 is 5.69 Å². The molecule has 1 aliphatic heterocycles. The second-order valence-electron chi connectivity index (χ2n) is 6.07. The first kappa shape index (κ1) is 15.0. The minimum Gasteiger partial charge on any atom is -0.369 e. The molecule has 0 atom stereocenters. The Labute approximate surface area is 132 Å². The lowest BCUT2D eigenvalue weighted by Crippen LogP contribution is -2.20. The average molecular weight is 298 g/mol. The zero-order chi connectivity index (χ0) is 15.4. The highest BCUT2D eigenvalue weighted by atomic mass is 19.1. The van der Waals surface area contributed by atoms with Crippen LogP contribution in [0, 0.1) is 12.7 Å². The molecule has 3 heteroatoms. The topological polar surface area (TPSA) is 15.3 Å². The molecule has 0 radical (unpaired) electrons. The van der Waals surface area contributed by atoms with Crippen molar-refractivity contribution < 1.29 is 4.39 Å². The predicted molar refractivity (Wildman–Crippen MR) is 89.6 cm³/mol. The number of benzene rings is 2. The van der Waals surface area contributed by atoms with Gasteiger partial charge in [-0.05, 0) is 43.0 Å². The largest absolute Gasteiger partial charge is 0.369 e. The van der Waals surface area contributed by atoms with E-state index >= 15 is 0 Å². The van der Waals surface area contributed by atoms with Crippen molar-refractivity contribution in [3.05, 3.63) is 65.0 Å². The fraction of sp³-hybridized carbons (Fsp3) is 0.368. The lowest BCUT2D eigenvalue weighted by Gasteiger charge is -2.19. The van der Waals surface area contributed by atoms with Crippen LogP contribution in [0.2, 0.25) is 0 Å². The van der Waals surface area contributed by atoms with E-state index in [1.54, 1.807) is 6.07 Å². The maximum atomic E-state index is 14.0. The summed E-state index contributed by atoms with van der Waals surface area (Å²) in [6.45, 7) is 5.62. The van der Waals surface area contributed by atoms with Gasteiger partial charge in [0.25, 0.3) is 0 Å². The molecule has 0 aliphatic carbocycles. The zero-order valence-electron chi connectivity index (χ0n) is 13.1. The van der Waals surface area contributed by atoms with Crippen LogP contribution in [0.15, 0.2) is 42.5 Å². The van der Waals surface area contributed by atoms with Crippen molar-refractivity contribution in [2.24, 2.45) is 0 Å². The van der Waals surface area contributed by atoms with Crippen molar-refractivity contribution in [2.45, 2.75) is 32.9 Å². The van der Waals surface area contributed by atoms with Crippen LogP contribution in [0.1, 0.15) is 29.5 Å². The number of hydrogen-bond acceptors (Lipinski definition) is 2. The molecule has 0 amide bonds. The maximum absolute atomic E-state index is 14.0. The predicted octanol–water partition coefficient (Wildman–Crippen LogP) is 4.02. The monoisotopic (exact) mass is 298 g/mol. The summed E-state index contributed by atoms with van der Waals surface area (Å²) in [5, 5.41) is 3.43. The molecule has 22 heavy (non-hydrogen) atoms. The molecule has 2 nitrogen and oxygen atoms in total. The van der Waals surface area contributed by atoms with E-state index in [1.807, 2.05) is 12.1 Å². The van der Waals surface area contributed by atoms with Gasteiger partial charge in [0.15, 0.2) is 0 Å². The molecule has 2 aromatic carbocycles. The van der Waals surface area contributed by atoms with E-state index in [-0.39, 0.29) is 5.82 Å². The van der Waals surface area contributed by atoms with Crippen molar-refractivity contribution in [3.63, 3.8) is 0 Å². The van der Waals surface area contributed by atoms with Crippen molar-refractivity contribution in [1.82, 2.24) is 5.32 Å². The second-order valence-corrected chi connectivity index (χ2v) is 6.07. The summed E-state index contributed by atoms with van der Waals surface area (Å²) < 4.78 is 14.0. The van der Waals surface area contributed by atoms with Gasteiger partial charge < -0.3 is 10.2 Å². The van der Waals surface area contributed by atoms with Crippen LogP contribution < -0.4 is 10.2 Å². The summed E-state index contributed by atoms with van der Waals surface area (Å²) in [5.41, 5.74) is 4.44. The van der Waals surface area contributed by atoms with E-state index in [0.29, 0.717) is 0 Å². The Balaban J connectivity index is 1.60. The van der Waals surface area contributed by atoms with E-state index in [4.69, 9.17) is 0 Å². The Kier molecular flexibility index (Phi) is 4.74. The van der Waals surface area contributed by atoms with E-state index in [2.05, 4.69) is 41.4 Å². The van der Waals surface area contributed by atoms with Gasteiger partial charge in [0.1, 0.15) is 5.82 Å². The van der Waals surface area contributed by atoms with Crippen molar-refractivity contribution in [3.8, 4) is 0 Å². The van der Waals surface area contributed by atoms with Gasteiger partial charge in [-0.15, -0.1) is 0 Å². The van der Waals surface area contributed by atoms with Crippen molar-refractivity contribution in [1.29, 1.82) is 0 Å². The van der Waals surface area contributed by atoms with Gasteiger partial charge in [-0.1, -0.05) is 35.9 Å². The standard InChI is InChI=1S/C19H23FN2/c1-15-4-6-16(7-5-15)13-21-14-17-8-9-18(20)19(12-17)22-10-2-3-11-22/h4-9,12,21H,2-3,10-11,13-14H2,1H3. The van der Waals surface area contributed by atoms with Gasteiger partial charge in [0, 0.05) is 26.2 Å². The fourth-order valence-corrected chi connectivity index (χ4v) is 2.93. The molecule has 2 aromatic rings. The molecule has 3 rings (SSSR count). The Morgan fingerprint density at radius 3 is 2.32 bits per heavy atom. The summed E-state index contributed by atoms with van der Waals surface area (Å²) in [7, 11) is 0. The van der Waals surface area contributed by atoms with Crippen LogP contribution >= 0.6 is 0 Å². The molecule has 0 aromatic heterocycles. The summed E-state index contributed by atoms with van der Waals surface area (Å²) in [5.74, 6) is -0.107. The summed E-state index contributed by atoms with van der Waals surface area (Å²) in [4.78, 5) is 2.15. The summed E-state index contributed by atoms with van der Waals surface area (Å²) >= 11 is 0. The van der Waals surface area contributed by atoms with E-state index in [9.17, 15) is 4.39 Å². The van der Waals surface area contributed by atoms with E-state index in [0.717, 1.165) is 50.3 Å². The lowest BCUT2D eigenvalue weighted by atomic mass is 10.1. The van der Waals surface area contributed by atoms with Crippen LogP contribution in [0.5, 0.6) is 0 Å². The lowest BCUT2D eigenvalue weighted by molar-refractivity contribution is 0.620. The van der Waals surface area contributed by atoms with Gasteiger partial charge >= 0.3 is 0 Å². The highest BCUT2D eigenvalue weighted by Gasteiger charge is 2.16. The zero-order valence-corrected chi connectivity index (χ0v) is 13.1. The number of aryl methyl sites for hydroxylation is 1. The first-order chi connectivity index (χ1) is 10.7. The van der Waals surface area contributed by atoms with Crippen LogP contribution in [-0.2, 0) is 13.1 Å². The quantitative estimate of drug-likeness (QED) is 0.896. The normalized spacial score (nSPS) is 14.5. The van der Waals surface area contributed by atoms with Crippen LogP contribution in [-0.4, -0.2) is 13.1 Å². The molecular formula is C19H23FN2. The minimum atomic E-state index is -0.107. The van der Waals surface area contributed by atoms with Gasteiger partial charge in [-0.2, -0.15) is 0 Å². The highest BCUT2D eigenvalue weighted by Crippen LogP contribution is 2.24. The van der Waals surface area contributed by atoms with E-state index in [1.165, 1.54) is 11.1 Å². The van der Waals surface area contributed by atoms with Gasteiger partial charge in [-0.3, -0.25) is 0 Å². The Morgan fingerprint density at radius 2 is 1.59 bits per heavy atom. The molecule has 1 N–H and O–H groups in total. The Bertz CT molecular complexity index is 616. The van der Waals surface area contributed by atoms with E-state index < -0.39 is 0 Å². The molecule has 1 fully saturated rings. The molecule has 0 bridgehead atoms. The van der Waals surface area contributed by atoms with Crippen LogP contribution in [0.3, 0.4) is 0 Å². The minimum absolute atomic E-state index is 0.107. The summed E-state index contributed by atoms with van der Waals surface area (Å²) in [6.07, 6.45) is 2.32. The number of hydrogen-bond donors (Lipinski definition) is 1. The van der Waals surface area contributed by atoms with Gasteiger partial charge in [-0.25, -0.2) is 4.39 Å². The molecule has 116 valence electrons. The molecule has 0 unspecified atom stereocenters. The Morgan fingerprint density at radius 1 is 0.955 bits per heavy atom. The molecule has 1 heterocycles. The smallest absolute Gasteiger partial charge is 0.146 e. The SMILES string of the molecule is Cc1ccc(CNCc2ccc(F)c(N3CCCC3)c2)cc1. The number of nitrogens with zero attached hydrogens (tertiary/aromatic N) is 1.